The van der Waals surface area contributed by atoms with Gasteiger partial charge in [-0.25, -0.2) is 4.79 Å². The SMILES string of the molecule is CCC(C/C=C/C(=O)O)c1ccc(OC)c(OC)c1. The minimum absolute atomic E-state index is 0.274. The molecule has 0 heterocycles. The second-order valence-corrected chi connectivity index (χ2v) is 4.20. The summed E-state index contributed by atoms with van der Waals surface area (Å²) in [4.78, 5) is 10.5. The van der Waals surface area contributed by atoms with Gasteiger partial charge in [0.05, 0.1) is 14.2 Å². The monoisotopic (exact) mass is 264 g/mol. The van der Waals surface area contributed by atoms with Crippen molar-refractivity contribution in [1.29, 1.82) is 0 Å². The van der Waals surface area contributed by atoms with Crippen molar-refractivity contribution in [3.8, 4) is 11.5 Å². The number of aliphatic carboxylic acids is 1. The number of carbonyl (C=O) groups is 1. The van der Waals surface area contributed by atoms with Gasteiger partial charge in [0.2, 0.25) is 0 Å². The number of allylic oxidation sites excluding steroid dienone is 1. The first-order valence-electron chi connectivity index (χ1n) is 6.23. The predicted octanol–water partition coefficient (Wildman–Crippen LogP) is 3.23. The van der Waals surface area contributed by atoms with Gasteiger partial charge in [-0.05, 0) is 36.5 Å². The zero-order valence-electron chi connectivity index (χ0n) is 11.6. The number of rotatable bonds is 7. The first kappa shape index (κ1) is 15.1. The van der Waals surface area contributed by atoms with Crippen molar-refractivity contribution < 1.29 is 19.4 Å². The molecular formula is C15H20O4. The predicted molar refractivity (Wildman–Crippen MR) is 74.0 cm³/mol. The summed E-state index contributed by atoms with van der Waals surface area (Å²) in [6, 6.07) is 5.81. The van der Waals surface area contributed by atoms with Gasteiger partial charge in [-0.1, -0.05) is 19.1 Å². The molecule has 0 aliphatic rings. The number of carboxylic acids is 1. The van der Waals surface area contributed by atoms with Gasteiger partial charge in [0.1, 0.15) is 0 Å². The van der Waals surface area contributed by atoms with Crippen LogP contribution in [0.15, 0.2) is 30.4 Å². The largest absolute Gasteiger partial charge is 0.493 e. The van der Waals surface area contributed by atoms with E-state index < -0.39 is 5.97 Å². The molecule has 1 unspecified atom stereocenters. The van der Waals surface area contributed by atoms with Gasteiger partial charge < -0.3 is 14.6 Å². The minimum atomic E-state index is -0.915. The van der Waals surface area contributed by atoms with Crippen molar-refractivity contribution in [2.75, 3.05) is 14.2 Å². The van der Waals surface area contributed by atoms with Crippen LogP contribution in [0.5, 0.6) is 11.5 Å². The molecule has 0 fully saturated rings. The molecule has 1 rings (SSSR count). The summed E-state index contributed by atoms with van der Waals surface area (Å²) < 4.78 is 10.5. The Bertz CT molecular complexity index is 451. The van der Waals surface area contributed by atoms with Gasteiger partial charge in [0, 0.05) is 6.08 Å². The van der Waals surface area contributed by atoms with E-state index in [1.54, 1.807) is 20.3 Å². The van der Waals surface area contributed by atoms with Crippen LogP contribution in [0, 0.1) is 0 Å². The van der Waals surface area contributed by atoms with Crippen LogP contribution in [0.25, 0.3) is 0 Å². The molecule has 1 aromatic rings. The van der Waals surface area contributed by atoms with Crippen LogP contribution in [0.3, 0.4) is 0 Å². The Kier molecular flexibility index (Phi) is 5.93. The molecule has 104 valence electrons. The molecule has 4 nitrogen and oxygen atoms in total. The van der Waals surface area contributed by atoms with Gasteiger partial charge in [-0.3, -0.25) is 0 Å². The molecule has 0 bridgehead atoms. The first-order valence-corrected chi connectivity index (χ1v) is 6.23. The molecule has 4 heteroatoms. The second kappa shape index (κ2) is 7.46. The molecule has 1 atom stereocenters. The van der Waals surface area contributed by atoms with Crippen LogP contribution in [-0.4, -0.2) is 25.3 Å². The number of ether oxygens (including phenoxy) is 2. The lowest BCUT2D eigenvalue weighted by atomic mass is 9.93. The first-order chi connectivity index (χ1) is 9.12. The normalized spacial score (nSPS) is 12.4. The molecule has 0 aromatic heterocycles. The van der Waals surface area contributed by atoms with E-state index in [1.807, 2.05) is 18.2 Å². The average molecular weight is 264 g/mol. The van der Waals surface area contributed by atoms with E-state index in [0.29, 0.717) is 17.9 Å². The number of carboxylic acid groups (broad SMARTS) is 1. The molecule has 0 spiro atoms. The number of hydrogen-bond donors (Lipinski definition) is 1. The second-order valence-electron chi connectivity index (χ2n) is 4.20. The van der Waals surface area contributed by atoms with Crippen molar-refractivity contribution in [2.24, 2.45) is 0 Å². The molecule has 0 saturated heterocycles. The highest BCUT2D eigenvalue weighted by atomic mass is 16.5. The Morgan fingerprint density at radius 2 is 2.00 bits per heavy atom. The zero-order valence-corrected chi connectivity index (χ0v) is 11.6. The van der Waals surface area contributed by atoms with Gasteiger partial charge in [-0.2, -0.15) is 0 Å². The molecule has 0 aliphatic heterocycles. The van der Waals surface area contributed by atoms with Crippen LogP contribution in [-0.2, 0) is 4.79 Å². The van der Waals surface area contributed by atoms with Crippen molar-refractivity contribution in [2.45, 2.75) is 25.7 Å². The molecule has 19 heavy (non-hydrogen) atoms. The smallest absolute Gasteiger partial charge is 0.327 e. The van der Waals surface area contributed by atoms with Gasteiger partial charge in [0.25, 0.3) is 0 Å². The molecule has 1 aromatic carbocycles. The van der Waals surface area contributed by atoms with Gasteiger partial charge in [-0.15, -0.1) is 0 Å². The lowest BCUT2D eigenvalue weighted by Crippen LogP contribution is -1.99. The summed E-state index contributed by atoms with van der Waals surface area (Å²) in [6.07, 6.45) is 4.49. The van der Waals surface area contributed by atoms with E-state index in [2.05, 4.69) is 6.92 Å². The lowest BCUT2D eigenvalue weighted by Gasteiger charge is -2.15. The molecule has 0 saturated carbocycles. The molecule has 1 N–H and O–H groups in total. The summed E-state index contributed by atoms with van der Waals surface area (Å²) in [5, 5.41) is 8.60. The third-order valence-corrected chi connectivity index (χ3v) is 3.05. The Morgan fingerprint density at radius 3 is 2.53 bits per heavy atom. The number of benzene rings is 1. The standard InChI is InChI=1S/C15H20O4/c1-4-11(6-5-7-15(16)17)12-8-9-13(18-2)14(10-12)19-3/h5,7-11H,4,6H2,1-3H3,(H,16,17)/b7-5+. The van der Waals surface area contributed by atoms with Gasteiger partial charge >= 0.3 is 5.97 Å². The maximum absolute atomic E-state index is 10.5. The Balaban J connectivity index is 2.89. The van der Waals surface area contributed by atoms with E-state index in [4.69, 9.17) is 14.6 Å². The van der Waals surface area contributed by atoms with E-state index in [0.717, 1.165) is 12.0 Å². The fourth-order valence-corrected chi connectivity index (χ4v) is 1.98. The Hall–Kier alpha value is -1.97. The van der Waals surface area contributed by atoms with Crippen LogP contribution >= 0.6 is 0 Å². The van der Waals surface area contributed by atoms with Crippen LogP contribution in [0.1, 0.15) is 31.2 Å². The molecule has 0 aliphatic carbocycles. The summed E-state index contributed by atoms with van der Waals surface area (Å²) in [5.74, 6) is 0.750. The maximum atomic E-state index is 10.5. The highest BCUT2D eigenvalue weighted by molar-refractivity contribution is 5.79. The summed E-state index contributed by atoms with van der Waals surface area (Å²) >= 11 is 0. The third-order valence-electron chi connectivity index (χ3n) is 3.05. The average Bonchev–Trinajstić information content (AvgIpc) is 2.42. The maximum Gasteiger partial charge on any atom is 0.327 e. The van der Waals surface area contributed by atoms with Crippen molar-refractivity contribution in [3.63, 3.8) is 0 Å². The fraction of sp³-hybridized carbons (Fsp3) is 0.400. The highest BCUT2D eigenvalue weighted by Gasteiger charge is 2.11. The molecular weight excluding hydrogens is 244 g/mol. The molecule has 0 radical (unpaired) electrons. The summed E-state index contributed by atoms with van der Waals surface area (Å²) in [7, 11) is 3.21. The van der Waals surface area contributed by atoms with Crippen LogP contribution in [0.2, 0.25) is 0 Å². The Morgan fingerprint density at radius 1 is 1.32 bits per heavy atom. The van der Waals surface area contributed by atoms with Crippen LogP contribution in [0.4, 0.5) is 0 Å². The lowest BCUT2D eigenvalue weighted by molar-refractivity contribution is -0.131. The van der Waals surface area contributed by atoms with E-state index in [9.17, 15) is 4.79 Å². The van der Waals surface area contributed by atoms with Crippen molar-refractivity contribution in [1.82, 2.24) is 0 Å². The summed E-state index contributed by atoms with van der Waals surface area (Å²) in [6.45, 7) is 2.08. The van der Waals surface area contributed by atoms with E-state index >= 15 is 0 Å². The zero-order chi connectivity index (χ0) is 14.3. The minimum Gasteiger partial charge on any atom is -0.493 e. The number of hydrogen-bond acceptors (Lipinski definition) is 3. The topological polar surface area (TPSA) is 55.8 Å². The number of methoxy groups -OCH3 is 2. The van der Waals surface area contributed by atoms with Crippen molar-refractivity contribution in [3.05, 3.63) is 35.9 Å². The van der Waals surface area contributed by atoms with E-state index in [-0.39, 0.29) is 5.92 Å². The quantitative estimate of drug-likeness (QED) is 0.768. The van der Waals surface area contributed by atoms with E-state index in [1.165, 1.54) is 6.08 Å². The highest BCUT2D eigenvalue weighted by Crippen LogP contribution is 2.33. The van der Waals surface area contributed by atoms with Crippen molar-refractivity contribution >= 4 is 5.97 Å². The fourth-order valence-electron chi connectivity index (χ4n) is 1.98. The third kappa shape index (κ3) is 4.32. The summed E-state index contributed by atoms with van der Waals surface area (Å²) in [5.41, 5.74) is 1.12. The molecule has 0 amide bonds. The Labute approximate surface area is 113 Å². The van der Waals surface area contributed by atoms with Gasteiger partial charge in [0.15, 0.2) is 11.5 Å². The van der Waals surface area contributed by atoms with Crippen LogP contribution < -0.4 is 9.47 Å².